The van der Waals surface area contributed by atoms with Crippen LogP contribution in [0.15, 0.2) is 22.7 Å². The highest BCUT2D eigenvalue weighted by atomic mass is 79.9. The van der Waals surface area contributed by atoms with E-state index < -0.39 is 30.3 Å². The first-order chi connectivity index (χ1) is 11.2. The van der Waals surface area contributed by atoms with Crippen LogP contribution in [0.5, 0.6) is 0 Å². The second-order valence-corrected chi connectivity index (χ2v) is 6.85. The maximum absolute atomic E-state index is 12.2. The molecule has 0 bridgehead atoms. The number of nitrogens with zero attached hydrogens (tertiary/aromatic N) is 2. The van der Waals surface area contributed by atoms with Gasteiger partial charge in [0, 0.05) is 16.7 Å². The third kappa shape index (κ3) is 3.81. The highest BCUT2D eigenvalue weighted by Gasteiger charge is 2.45. The fraction of sp³-hybridized carbons (Fsp3) is 0.375. The molecule has 0 atom stereocenters. The molecule has 1 aromatic rings. The number of anilines is 1. The van der Waals surface area contributed by atoms with Crippen LogP contribution in [0.4, 0.5) is 10.5 Å². The maximum Gasteiger partial charge on any atom is 0.334 e. The van der Waals surface area contributed by atoms with E-state index in [2.05, 4.69) is 21.2 Å². The number of urea groups is 1. The minimum absolute atomic E-state index is 0.0318. The standard InChI is InChI=1S/C16H18BrN3O4/c1-9(2)7-19-14(22)15(23)20(16(19)24)8-13(21)18-11-5-4-10(3)12(17)6-11/h4-6,9H,7-8H2,1-3H3,(H,18,21). The fourth-order valence-corrected chi connectivity index (χ4v) is 2.61. The first-order valence-corrected chi connectivity index (χ1v) is 8.23. The lowest BCUT2D eigenvalue weighted by Gasteiger charge is -2.17. The van der Waals surface area contributed by atoms with Crippen LogP contribution >= 0.6 is 15.9 Å². The summed E-state index contributed by atoms with van der Waals surface area (Å²) in [5.41, 5.74) is 1.54. The Bertz CT molecular complexity index is 717. The number of halogens is 1. The van der Waals surface area contributed by atoms with Crippen molar-refractivity contribution in [3.05, 3.63) is 28.2 Å². The molecule has 8 heteroatoms. The molecular formula is C16H18BrN3O4. The van der Waals surface area contributed by atoms with E-state index in [1.54, 1.807) is 12.1 Å². The van der Waals surface area contributed by atoms with Gasteiger partial charge >= 0.3 is 17.8 Å². The van der Waals surface area contributed by atoms with Crippen LogP contribution in [0.3, 0.4) is 0 Å². The summed E-state index contributed by atoms with van der Waals surface area (Å²) in [6.07, 6.45) is 0. The SMILES string of the molecule is Cc1ccc(NC(=O)CN2C(=O)C(=O)N(CC(C)C)C2=O)cc1Br. The number of nitrogens with one attached hydrogen (secondary N) is 1. The Morgan fingerprint density at radius 1 is 1.17 bits per heavy atom. The molecule has 7 nitrogen and oxygen atoms in total. The van der Waals surface area contributed by atoms with E-state index in [0.29, 0.717) is 10.6 Å². The van der Waals surface area contributed by atoms with E-state index in [1.165, 1.54) is 0 Å². The minimum atomic E-state index is -0.971. The summed E-state index contributed by atoms with van der Waals surface area (Å²) in [4.78, 5) is 49.6. The van der Waals surface area contributed by atoms with Gasteiger partial charge in [0.2, 0.25) is 5.91 Å². The number of benzene rings is 1. The van der Waals surface area contributed by atoms with Gasteiger partial charge < -0.3 is 5.32 Å². The first-order valence-electron chi connectivity index (χ1n) is 7.44. The van der Waals surface area contributed by atoms with E-state index in [4.69, 9.17) is 0 Å². The molecule has 5 amide bonds. The van der Waals surface area contributed by atoms with Crippen LogP contribution in [0.1, 0.15) is 19.4 Å². The zero-order chi connectivity index (χ0) is 18.0. The van der Waals surface area contributed by atoms with Gasteiger partial charge in [-0.25, -0.2) is 9.69 Å². The molecular weight excluding hydrogens is 378 g/mol. The molecule has 1 aliphatic heterocycles. The zero-order valence-corrected chi connectivity index (χ0v) is 15.2. The number of amides is 5. The van der Waals surface area contributed by atoms with Gasteiger partial charge in [-0.3, -0.25) is 19.3 Å². The van der Waals surface area contributed by atoms with E-state index in [1.807, 2.05) is 26.8 Å². The second kappa shape index (κ2) is 7.12. The smallest absolute Gasteiger partial charge is 0.324 e. The topological polar surface area (TPSA) is 86.8 Å². The summed E-state index contributed by atoms with van der Waals surface area (Å²) in [5, 5.41) is 2.60. The van der Waals surface area contributed by atoms with Crippen molar-refractivity contribution in [3.63, 3.8) is 0 Å². The van der Waals surface area contributed by atoms with E-state index in [-0.39, 0.29) is 12.5 Å². The largest absolute Gasteiger partial charge is 0.334 e. The molecule has 0 aromatic heterocycles. The number of rotatable bonds is 5. The molecule has 0 radical (unpaired) electrons. The lowest BCUT2D eigenvalue weighted by molar-refractivity contribution is -0.143. The van der Waals surface area contributed by atoms with Crippen molar-refractivity contribution in [1.82, 2.24) is 9.80 Å². The molecule has 1 N–H and O–H groups in total. The molecule has 1 heterocycles. The Kier molecular flexibility index (Phi) is 5.38. The summed E-state index contributed by atoms with van der Waals surface area (Å²) in [6, 6.07) is 4.50. The number of carbonyl (C=O) groups excluding carboxylic acids is 4. The molecule has 1 aromatic carbocycles. The molecule has 0 saturated carbocycles. The Morgan fingerprint density at radius 2 is 1.79 bits per heavy atom. The van der Waals surface area contributed by atoms with Gasteiger partial charge in [-0.1, -0.05) is 35.8 Å². The second-order valence-electron chi connectivity index (χ2n) is 6.00. The molecule has 24 heavy (non-hydrogen) atoms. The fourth-order valence-electron chi connectivity index (χ4n) is 2.23. The van der Waals surface area contributed by atoms with E-state index in [0.717, 1.165) is 14.9 Å². The van der Waals surface area contributed by atoms with E-state index in [9.17, 15) is 19.2 Å². The van der Waals surface area contributed by atoms with Crippen LogP contribution in [0.2, 0.25) is 0 Å². The Labute approximate surface area is 148 Å². The van der Waals surface area contributed by atoms with Crippen LogP contribution in [-0.4, -0.2) is 46.6 Å². The summed E-state index contributed by atoms with van der Waals surface area (Å²) in [6.45, 7) is 5.22. The highest BCUT2D eigenvalue weighted by Crippen LogP contribution is 2.21. The summed E-state index contributed by atoms with van der Waals surface area (Å²) < 4.78 is 0.826. The third-order valence-corrected chi connectivity index (χ3v) is 4.29. The Morgan fingerprint density at radius 3 is 2.38 bits per heavy atom. The van der Waals surface area contributed by atoms with Crippen molar-refractivity contribution in [2.24, 2.45) is 5.92 Å². The number of carbonyl (C=O) groups is 4. The molecule has 128 valence electrons. The number of hydrogen-bond donors (Lipinski definition) is 1. The van der Waals surface area contributed by atoms with Gasteiger partial charge in [0.25, 0.3) is 0 Å². The predicted molar refractivity (Wildman–Crippen MR) is 91.2 cm³/mol. The Hall–Kier alpha value is -2.22. The lowest BCUT2D eigenvalue weighted by Crippen LogP contribution is -2.39. The van der Waals surface area contributed by atoms with Crippen LogP contribution in [-0.2, 0) is 14.4 Å². The molecule has 1 aliphatic rings. The summed E-state index contributed by atoms with van der Waals surface area (Å²) in [7, 11) is 0. The van der Waals surface area contributed by atoms with Crippen LogP contribution in [0.25, 0.3) is 0 Å². The van der Waals surface area contributed by atoms with Gasteiger partial charge in [0.15, 0.2) is 0 Å². The zero-order valence-electron chi connectivity index (χ0n) is 13.6. The van der Waals surface area contributed by atoms with Crippen LogP contribution < -0.4 is 5.32 Å². The lowest BCUT2D eigenvalue weighted by atomic mass is 10.2. The normalized spacial score (nSPS) is 14.8. The molecule has 0 unspecified atom stereocenters. The van der Waals surface area contributed by atoms with Crippen molar-refractivity contribution in [1.29, 1.82) is 0 Å². The van der Waals surface area contributed by atoms with Crippen molar-refractivity contribution < 1.29 is 19.2 Å². The summed E-state index contributed by atoms with van der Waals surface area (Å²) in [5.74, 6) is -2.38. The number of aryl methyl sites for hydroxylation is 1. The third-order valence-electron chi connectivity index (χ3n) is 3.44. The van der Waals surface area contributed by atoms with Gasteiger partial charge in [-0.2, -0.15) is 0 Å². The Balaban J connectivity index is 2.05. The molecule has 0 aliphatic carbocycles. The van der Waals surface area contributed by atoms with Gasteiger partial charge in [0.1, 0.15) is 6.54 Å². The molecule has 0 spiro atoms. The van der Waals surface area contributed by atoms with Crippen molar-refractivity contribution in [3.8, 4) is 0 Å². The maximum atomic E-state index is 12.2. The minimum Gasteiger partial charge on any atom is -0.324 e. The van der Waals surface area contributed by atoms with E-state index >= 15 is 0 Å². The molecule has 1 fully saturated rings. The quantitative estimate of drug-likeness (QED) is 0.611. The van der Waals surface area contributed by atoms with Crippen LogP contribution in [0, 0.1) is 12.8 Å². The van der Waals surface area contributed by atoms with Gasteiger partial charge in [-0.05, 0) is 30.5 Å². The van der Waals surface area contributed by atoms with Crippen molar-refractivity contribution >= 4 is 45.4 Å². The molecule has 2 rings (SSSR count). The van der Waals surface area contributed by atoms with Crippen molar-refractivity contribution in [2.45, 2.75) is 20.8 Å². The number of imide groups is 2. The average Bonchev–Trinajstić information content (AvgIpc) is 2.68. The highest BCUT2D eigenvalue weighted by molar-refractivity contribution is 9.10. The average molecular weight is 396 g/mol. The van der Waals surface area contributed by atoms with Gasteiger partial charge in [0.05, 0.1) is 0 Å². The first kappa shape index (κ1) is 18.1. The predicted octanol–water partition coefficient (Wildman–Crippen LogP) is 2.14. The monoisotopic (exact) mass is 395 g/mol. The summed E-state index contributed by atoms with van der Waals surface area (Å²) >= 11 is 3.36. The molecule has 1 saturated heterocycles. The van der Waals surface area contributed by atoms with Gasteiger partial charge in [-0.15, -0.1) is 0 Å². The van der Waals surface area contributed by atoms with Crippen molar-refractivity contribution in [2.75, 3.05) is 18.4 Å². The number of hydrogen-bond acceptors (Lipinski definition) is 4.